The number of rotatable bonds is 9. The first-order valence-corrected chi connectivity index (χ1v) is 16.0. The predicted octanol–water partition coefficient (Wildman–Crippen LogP) is 10.9. The first-order chi connectivity index (χ1) is 23.0. The third-order valence-electron chi connectivity index (χ3n) is 6.88. The molecule has 0 aliphatic heterocycles. The van der Waals surface area contributed by atoms with Crippen LogP contribution >= 0.6 is 22.6 Å². The fourth-order valence-electron chi connectivity index (χ4n) is 4.42. The molecule has 1 N–H and O–H groups in total. The van der Waals surface area contributed by atoms with Crippen molar-refractivity contribution in [3.63, 3.8) is 0 Å². The van der Waals surface area contributed by atoms with E-state index in [1.165, 1.54) is 3.57 Å². The summed E-state index contributed by atoms with van der Waals surface area (Å²) in [5.74, 6) is 3.39. The molecular weight excluding hydrogens is 699 g/mol. The molecule has 0 heterocycles. The van der Waals surface area contributed by atoms with Crippen LogP contribution in [0.25, 0.3) is 0 Å². The number of halogens is 1. The number of methoxy groups -OCH3 is 4. The molecular formula is C40H39IN2O4. The Morgan fingerprint density at radius 2 is 0.681 bits per heavy atom. The first kappa shape index (κ1) is 34.7. The van der Waals surface area contributed by atoms with Crippen molar-refractivity contribution < 1.29 is 18.9 Å². The number of nitrogens with one attached hydrogen (secondary N) is 1. The zero-order chi connectivity index (χ0) is 33.3. The molecule has 0 aromatic heterocycles. The minimum absolute atomic E-state index is 0.844. The van der Waals surface area contributed by atoms with E-state index in [2.05, 4.69) is 81.3 Å². The summed E-state index contributed by atoms with van der Waals surface area (Å²) in [6, 6.07) is 52.2. The van der Waals surface area contributed by atoms with E-state index in [1.54, 1.807) is 28.4 Å². The van der Waals surface area contributed by atoms with E-state index in [1.807, 2.05) is 109 Å². The molecule has 240 valence electrons. The van der Waals surface area contributed by atoms with Gasteiger partial charge in [-0.05, 0) is 144 Å². The summed E-state index contributed by atoms with van der Waals surface area (Å²) in [6.07, 6.45) is 0. The van der Waals surface area contributed by atoms with E-state index >= 15 is 0 Å². The lowest BCUT2D eigenvalue weighted by molar-refractivity contribution is 0.414. The molecule has 6 aromatic rings. The van der Waals surface area contributed by atoms with Crippen LogP contribution in [-0.4, -0.2) is 28.4 Å². The van der Waals surface area contributed by atoms with Gasteiger partial charge in [0, 0.05) is 32.0 Å². The van der Waals surface area contributed by atoms with Gasteiger partial charge in [-0.1, -0.05) is 36.4 Å². The molecule has 47 heavy (non-hydrogen) atoms. The van der Waals surface area contributed by atoms with Crippen molar-refractivity contribution >= 4 is 51.0 Å². The Labute approximate surface area is 291 Å². The second-order valence-electron chi connectivity index (χ2n) is 9.94. The summed E-state index contributed by atoms with van der Waals surface area (Å²) in [7, 11) is 6.67. The number of ether oxygens (including phenoxy) is 4. The number of hydrogen-bond donors (Lipinski definition) is 1. The van der Waals surface area contributed by atoms with Gasteiger partial charge in [-0.3, -0.25) is 0 Å². The van der Waals surface area contributed by atoms with E-state index in [0.29, 0.717) is 0 Å². The largest absolute Gasteiger partial charge is 0.497 e. The van der Waals surface area contributed by atoms with E-state index in [9.17, 15) is 0 Å². The Hall–Kier alpha value is -5.15. The van der Waals surface area contributed by atoms with Gasteiger partial charge in [0.15, 0.2) is 0 Å². The van der Waals surface area contributed by atoms with Crippen LogP contribution in [0.1, 0.15) is 0 Å². The van der Waals surface area contributed by atoms with Crippen LogP contribution in [-0.2, 0) is 0 Å². The maximum Gasteiger partial charge on any atom is 0.119 e. The third-order valence-corrected chi connectivity index (χ3v) is 7.60. The van der Waals surface area contributed by atoms with Gasteiger partial charge < -0.3 is 29.2 Å². The van der Waals surface area contributed by atoms with Crippen molar-refractivity contribution in [2.75, 3.05) is 38.7 Å². The first-order valence-electron chi connectivity index (χ1n) is 14.9. The maximum atomic E-state index is 5.26. The van der Waals surface area contributed by atoms with E-state index in [0.717, 1.165) is 51.4 Å². The van der Waals surface area contributed by atoms with Gasteiger partial charge in [0.25, 0.3) is 0 Å². The lowest BCUT2D eigenvalue weighted by Gasteiger charge is -2.25. The highest BCUT2D eigenvalue weighted by molar-refractivity contribution is 14.1. The Balaban J connectivity index is 0.000000182. The number of anilines is 5. The minimum atomic E-state index is 0.844. The van der Waals surface area contributed by atoms with E-state index in [4.69, 9.17) is 18.9 Å². The van der Waals surface area contributed by atoms with Gasteiger partial charge in [-0.2, -0.15) is 0 Å². The maximum absolute atomic E-state index is 5.26. The summed E-state index contributed by atoms with van der Waals surface area (Å²) in [4.78, 5) is 2.19. The lowest BCUT2D eigenvalue weighted by atomic mass is 10.2. The summed E-state index contributed by atoms with van der Waals surface area (Å²) < 4.78 is 22.0. The normalized spacial score (nSPS) is 9.81. The molecule has 0 atom stereocenters. The molecule has 0 unspecified atom stereocenters. The molecule has 0 saturated carbocycles. The van der Waals surface area contributed by atoms with Crippen molar-refractivity contribution in [2.24, 2.45) is 0 Å². The van der Waals surface area contributed by atoms with Gasteiger partial charge in [0.05, 0.1) is 28.4 Å². The van der Waals surface area contributed by atoms with Crippen molar-refractivity contribution in [3.05, 3.63) is 161 Å². The fraction of sp³-hybridized carbons (Fsp3) is 0.100. The number of para-hydroxylation sites is 1. The molecule has 0 bridgehead atoms. The van der Waals surface area contributed by atoms with Crippen LogP contribution in [0, 0.1) is 3.57 Å². The molecule has 0 spiro atoms. The summed E-state index contributed by atoms with van der Waals surface area (Å²) in [6.45, 7) is 0. The SMILES string of the molecule is COc1ccc(N(c2ccccc2)c2ccc(OC)cc2)cc1.COc1ccc(Nc2ccc(OC)cc2)cc1.Ic1ccccc1. The van der Waals surface area contributed by atoms with E-state index in [-0.39, 0.29) is 0 Å². The molecule has 0 amide bonds. The monoisotopic (exact) mass is 738 g/mol. The van der Waals surface area contributed by atoms with Gasteiger partial charge in [-0.25, -0.2) is 0 Å². The predicted molar refractivity (Wildman–Crippen MR) is 203 cm³/mol. The number of hydrogen-bond acceptors (Lipinski definition) is 6. The average Bonchev–Trinajstić information content (AvgIpc) is 3.14. The van der Waals surface area contributed by atoms with Crippen LogP contribution in [0.4, 0.5) is 28.4 Å². The molecule has 6 nitrogen and oxygen atoms in total. The fourth-order valence-corrected chi connectivity index (χ4v) is 4.83. The Bertz CT molecular complexity index is 1620. The van der Waals surface area contributed by atoms with Gasteiger partial charge in [0.2, 0.25) is 0 Å². The molecule has 0 aliphatic carbocycles. The number of nitrogens with zero attached hydrogens (tertiary/aromatic N) is 1. The quantitative estimate of drug-likeness (QED) is 0.149. The summed E-state index contributed by atoms with van der Waals surface area (Å²) in [5.41, 5.74) is 5.29. The summed E-state index contributed by atoms with van der Waals surface area (Å²) >= 11 is 2.28. The second kappa shape index (κ2) is 18.7. The zero-order valence-corrected chi connectivity index (χ0v) is 29.1. The van der Waals surface area contributed by atoms with Crippen LogP contribution in [0.15, 0.2) is 158 Å². The molecule has 7 heteroatoms. The average molecular weight is 739 g/mol. The van der Waals surface area contributed by atoms with Gasteiger partial charge in [0.1, 0.15) is 23.0 Å². The molecule has 6 aromatic carbocycles. The van der Waals surface area contributed by atoms with Gasteiger partial charge in [-0.15, -0.1) is 0 Å². The highest BCUT2D eigenvalue weighted by Crippen LogP contribution is 2.35. The molecule has 6 rings (SSSR count). The third kappa shape index (κ3) is 11.0. The van der Waals surface area contributed by atoms with Crippen LogP contribution in [0.3, 0.4) is 0 Å². The number of benzene rings is 6. The van der Waals surface area contributed by atoms with Crippen molar-refractivity contribution in [2.45, 2.75) is 0 Å². The Morgan fingerprint density at radius 3 is 0.979 bits per heavy atom. The van der Waals surface area contributed by atoms with Crippen molar-refractivity contribution in [3.8, 4) is 23.0 Å². The summed E-state index contributed by atoms with van der Waals surface area (Å²) in [5, 5.41) is 3.30. The molecule has 0 fully saturated rings. The van der Waals surface area contributed by atoms with Crippen molar-refractivity contribution in [1.82, 2.24) is 0 Å². The van der Waals surface area contributed by atoms with Gasteiger partial charge >= 0.3 is 0 Å². The van der Waals surface area contributed by atoms with Crippen LogP contribution in [0.2, 0.25) is 0 Å². The molecule has 0 saturated heterocycles. The standard InChI is InChI=1S/C20H19NO2.C14H15NO2.C6H5I/c1-22-19-12-8-17(9-13-19)21(16-6-4-3-5-7-16)18-10-14-20(23-2)15-11-18;1-16-13-7-3-11(4-8-13)15-12-5-9-14(17-2)10-6-12;7-6-4-2-1-3-5-6/h3-15H,1-2H3;3-10,15H,1-2H3;1-5H. The smallest absolute Gasteiger partial charge is 0.119 e. The Morgan fingerprint density at radius 1 is 0.383 bits per heavy atom. The van der Waals surface area contributed by atoms with Crippen LogP contribution in [0.5, 0.6) is 23.0 Å². The molecule has 0 radical (unpaired) electrons. The van der Waals surface area contributed by atoms with Crippen LogP contribution < -0.4 is 29.2 Å². The molecule has 0 aliphatic rings. The highest BCUT2D eigenvalue weighted by Gasteiger charge is 2.12. The van der Waals surface area contributed by atoms with E-state index < -0.39 is 0 Å². The lowest BCUT2D eigenvalue weighted by Crippen LogP contribution is -2.09. The Kier molecular flexibility index (Phi) is 13.8. The van der Waals surface area contributed by atoms with Crippen molar-refractivity contribution in [1.29, 1.82) is 0 Å². The second-order valence-corrected chi connectivity index (χ2v) is 11.2. The zero-order valence-electron chi connectivity index (χ0n) is 27.0. The topological polar surface area (TPSA) is 52.2 Å². The minimum Gasteiger partial charge on any atom is -0.497 e. The highest BCUT2D eigenvalue weighted by atomic mass is 127.